The van der Waals surface area contributed by atoms with Gasteiger partial charge in [-0.1, -0.05) is 13.8 Å². The third-order valence-corrected chi connectivity index (χ3v) is 4.91. The maximum absolute atomic E-state index is 9.94. The van der Waals surface area contributed by atoms with E-state index in [0.29, 0.717) is 12.0 Å². The molecule has 2 aliphatic rings. The maximum atomic E-state index is 9.94. The van der Waals surface area contributed by atoms with Gasteiger partial charge in [-0.3, -0.25) is 0 Å². The number of rotatable bonds is 4. The summed E-state index contributed by atoms with van der Waals surface area (Å²) < 4.78 is 0. The minimum Gasteiger partial charge on any atom is -0.396 e. The van der Waals surface area contributed by atoms with E-state index in [-0.39, 0.29) is 17.4 Å². The van der Waals surface area contributed by atoms with E-state index in [2.05, 4.69) is 25.8 Å². The predicted molar refractivity (Wildman–Crippen MR) is 67.2 cm³/mol. The summed E-state index contributed by atoms with van der Waals surface area (Å²) in [6.45, 7) is 7.55. The molecule has 0 aromatic rings. The Morgan fingerprint density at radius 2 is 1.82 bits per heavy atom. The molecule has 100 valence electrons. The standard InChI is InChI=1S/C13H26N2O2/c1-11(2)6-12(4-5-17-14)8-15(3)9-13(12,7-11)10-16/h16H,4-10,14H2,1-3H3. The topological polar surface area (TPSA) is 58.7 Å². The van der Waals surface area contributed by atoms with E-state index < -0.39 is 0 Å². The molecule has 2 fully saturated rings. The molecule has 2 unspecified atom stereocenters. The first-order chi connectivity index (χ1) is 7.89. The second-order valence-corrected chi connectivity index (χ2v) is 7.03. The second kappa shape index (κ2) is 4.19. The lowest BCUT2D eigenvalue weighted by Crippen LogP contribution is -2.40. The van der Waals surface area contributed by atoms with E-state index in [1.54, 1.807) is 0 Å². The number of fused-ring (bicyclic) bond motifs is 1. The van der Waals surface area contributed by atoms with Gasteiger partial charge in [-0.15, -0.1) is 0 Å². The average molecular weight is 242 g/mol. The van der Waals surface area contributed by atoms with Crippen LogP contribution in [0.3, 0.4) is 0 Å². The normalized spacial score (nSPS) is 40.8. The Balaban J connectivity index is 2.29. The van der Waals surface area contributed by atoms with Crippen LogP contribution in [0.15, 0.2) is 0 Å². The molecule has 0 spiro atoms. The Kier molecular flexibility index (Phi) is 3.28. The third kappa shape index (κ3) is 2.01. The number of hydrogen-bond donors (Lipinski definition) is 2. The van der Waals surface area contributed by atoms with Crippen molar-refractivity contribution < 1.29 is 9.94 Å². The summed E-state index contributed by atoms with van der Waals surface area (Å²) >= 11 is 0. The van der Waals surface area contributed by atoms with Crippen molar-refractivity contribution in [2.75, 3.05) is 33.4 Å². The fourth-order valence-corrected chi connectivity index (χ4v) is 4.77. The van der Waals surface area contributed by atoms with Crippen LogP contribution >= 0.6 is 0 Å². The lowest BCUT2D eigenvalue weighted by atomic mass is 9.67. The molecule has 2 atom stereocenters. The Hall–Kier alpha value is -0.160. The fraction of sp³-hybridized carbons (Fsp3) is 1.00. The summed E-state index contributed by atoms with van der Waals surface area (Å²) in [5, 5.41) is 9.94. The molecule has 0 radical (unpaired) electrons. The zero-order chi connectivity index (χ0) is 12.7. The van der Waals surface area contributed by atoms with E-state index in [0.717, 1.165) is 32.4 Å². The van der Waals surface area contributed by atoms with Crippen molar-refractivity contribution in [1.82, 2.24) is 4.90 Å². The van der Waals surface area contributed by atoms with E-state index in [1.165, 1.54) is 0 Å². The molecule has 0 aromatic heterocycles. The van der Waals surface area contributed by atoms with Crippen LogP contribution in [0.25, 0.3) is 0 Å². The zero-order valence-corrected chi connectivity index (χ0v) is 11.3. The van der Waals surface area contributed by atoms with Crippen molar-refractivity contribution in [3.8, 4) is 0 Å². The molecule has 0 amide bonds. The van der Waals surface area contributed by atoms with Crippen LogP contribution < -0.4 is 5.90 Å². The SMILES string of the molecule is CN1CC2(CO)CC(C)(C)CC2(CCON)C1. The molecular formula is C13H26N2O2. The molecule has 1 heterocycles. The van der Waals surface area contributed by atoms with Crippen molar-refractivity contribution in [1.29, 1.82) is 0 Å². The summed E-state index contributed by atoms with van der Waals surface area (Å²) in [6, 6.07) is 0. The Labute approximate surface area is 104 Å². The van der Waals surface area contributed by atoms with Crippen molar-refractivity contribution in [3.05, 3.63) is 0 Å². The number of hydrogen-bond acceptors (Lipinski definition) is 4. The quantitative estimate of drug-likeness (QED) is 0.722. The van der Waals surface area contributed by atoms with Gasteiger partial charge < -0.3 is 14.8 Å². The van der Waals surface area contributed by atoms with E-state index in [4.69, 9.17) is 10.7 Å². The summed E-state index contributed by atoms with van der Waals surface area (Å²) in [4.78, 5) is 7.15. The van der Waals surface area contributed by atoms with Gasteiger partial charge in [0.1, 0.15) is 0 Å². The minimum absolute atomic E-state index is 0.0454. The number of aliphatic hydroxyl groups excluding tert-OH is 1. The van der Waals surface area contributed by atoms with Crippen LogP contribution in [-0.4, -0.2) is 43.4 Å². The monoisotopic (exact) mass is 242 g/mol. The molecule has 0 aromatic carbocycles. The van der Waals surface area contributed by atoms with Gasteiger partial charge in [-0.2, -0.15) is 0 Å². The van der Waals surface area contributed by atoms with Crippen molar-refractivity contribution in [2.24, 2.45) is 22.1 Å². The first kappa shape index (κ1) is 13.3. The summed E-state index contributed by atoms with van der Waals surface area (Å²) in [6.07, 6.45) is 3.22. The molecule has 4 nitrogen and oxygen atoms in total. The number of nitrogens with zero attached hydrogens (tertiary/aromatic N) is 1. The number of nitrogens with two attached hydrogens (primary N) is 1. The van der Waals surface area contributed by atoms with Crippen molar-refractivity contribution >= 4 is 0 Å². The fourth-order valence-electron chi connectivity index (χ4n) is 4.77. The van der Waals surface area contributed by atoms with Crippen LogP contribution in [0, 0.1) is 16.2 Å². The van der Waals surface area contributed by atoms with Crippen LogP contribution in [0.2, 0.25) is 0 Å². The highest BCUT2D eigenvalue weighted by Crippen LogP contribution is 2.65. The van der Waals surface area contributed by atoms with E-state index in [9.17, 15) is 5.11 Å². The Bertz CT molecular complexity index is 295. The highest BCUT2D eigenvalue weighted by molar-refractivity contribution is 5.13. The van der Waals surface area contributed by atoms with Gasteiger partial charge >= 0.3 is 0 Å². The predicted octanol–water partition coefficient (Wildman–Crippen LogP) is 0.997. The lowest BCUT2D eigenvalue weighted by Gasteiger charge is -2.38. The largest absolute Gasteiger partial charge is 0.396 e. The average Bonchev–Trinajstić information content (AvgIpc) is 2.58. The Morgan fingerprint density at radius 3 is 2.41 bits per heavy atom. The smallest absolute Gasteiger partial charge is 0.0685 e. The maximum Gasteiger partial charge on any atom is 0.0685 e. The third-order valence-electron chi connectivity index (χ3n) is 4.91. The molecule has 2 rings (SSSR count). The van der Waals surface area contributed by atoms with Gasteiger partial charge in [-0.25, -0.2) is 5.90 Å². The van der Waals surface area contributed by atoms with Gasteiger partial charge in [0, 0.05) is 18.5 Å². The van der Waals surface area contributed by atoms with Crippen molar-refractivity contribution in [3.63, 3.8) is 0 Å². The van der Waals surface area contributed by atoms with Crippen molar-refractivity contribution in [2.45, 2.75) is 33.1 Å². The minimum atomic E-state index is 0.0454. The van der Waals surface area contributed by atoms with E-state index >= 15 is 0 Å². The lowest BCUT2D eigenvalue weighted by molar-refractivity contribution is 0.0187. The van der Waals surface area contributed by atoms with Gasteiger partial charge in [-0.05, 0) is 37.1 Å². The molecular weight excluding hydrogens is 216 g/mol. The van der Waals surface area contributed by atoms with Gasteiger partial charge in [0.25, 0.3) is 0 Å². The molecule has 3 N–H and O–H groups in total. The molecule has 17 heavy (non-hydrogen) atoms. The second-order valence-electron chi connectivity index (χ2n) is 7.03. The van der Waals surface area contributed by atoms with Crippen LogP contribution in [0.1, 0.15) is 33.1 Å². The van der Waals surface area contributed by atoms with Gasteiger partial charge in [0.2, 0.25) is 0 Å². The zero-order valence-electron chi connectivity index (χ0n) is 11.3. The highest BCUT2D eigenvalue weighted by Gasteiger charge is 2.63. The van der Waals surface area contributed by atoms with Crippen LogP contribution in [0.4, 0.5) is 0 Å². The molecule has 1 saturated carbocycles. The van der Waals surface area contributed by atoms with Gasteiger partial charge in [0.15, 0.2) is 0 Å². The molecule has 1 aliphatic heterocycles. The van der Waals surface area contributed by atoms with Crippen LogP contribution in [0.5, 0.6) is 0 Å². The summed E-state index contributed by atoms with van der Waals surface area (Å²) in [5.74, 6) is 5.20. The molecule has 0 bridgehead atoms. The summed E-state index contributed by atoms with van der Waals surface area (Å²) in [7, 11) is 2.15. The first-order valence-electron chi connectivity index (χ1n) is 6.50. The number of likely N-dealkylation sites (tertiary alicyclic amines) is 1. The van der Waals surface area contributed by atoms with Gasteiger partial charge in [0.05, 0.1) is 13.2 Å². The molecule has 1 saturated heterocycles. The first-order valence-corrected chi connectivity index (χ1v) is 6.50. The Morgan fingerprint density at radius 1 is 1.24 bits per heavy atom. The van der Waals surface area contributed by atoms with Crippen LogP contribution in [-0.2, 0) is 4.84 Å². The van der Waals surface area contributed by atoms with E-state index in [1.807, 2.05) is 0 Å². The molecule has 4 heteroatoms. The summed E-state index contributed by atoms with van der Waals surface area (Å²) in [5.41, 5.74) is 0.543. The highest BCUT2D eigenvalue weighted by atomic mass is 16.6. The number of aliphatic hydroxyl groups is 1. The molecule has 1 aliphatic carbocycles.